The highest BCUT2D eigenvalue weighted by Gasteiger charge is 2.58. The summed E-state index contributed by atoms with van der Waals surface area (Å²) >= 11 is 0. The predicted octanol–water partition coefficient (Wildman–Crippen LogP) is 14.3. The zero-order valence-corrected chi connectivity index (χ0v) is 45.2. The molecule has 0 saturated carbocycles. The van der Waals surface area contributed by atoms with Gasteiger partial charge >= 0.3 is 7.60 Å². The van der Waals surface area contributed by atoms with Crippen LogP contribution >= 0.6 is 7.60 Å². The number of benzene rings is 2. The summed E-state index contributed by atoms with van der Waals surface area (Å²) in [6.07, 6.45) is -3.47. The van der Waals surface area contributed by atoms with Crippen LogP contribution in [0.5, 0.6) is 0 Å². The SMILES string of the molecule is CC(C)(C)[Si](C)(C)OC[C@@H](O[Si](C)(C)C(C)(C)C)[C@@H]1O/C(=C(\F)P(=O)(OCc2ccccc2)OCc2ccccc2)[C@H](O[Si](C)(C)C(C)(C)C)[C@H]1O[Si](C)(C)C(C)(C)C. The van der Waals surface area contributed by atoms with Crippen LogP contribution in [0.2, 0.25) is 72.5 Å². The molecule has 2 aromatic carbocycles. The molecule has 1 saturated heterocycles. The quantitative estimate of drug-likeness (QED) is 0.115. The summed E-state index contributed by atoms with van der Waals surface area (Å²) in [5, 5.41) is -0.728. The number of hydrogen-bond donors (Lipinski definition) is 0. The minimum Gasteiger partial charge on any atom is -0.483 e. The molecule has 0 aromatic heterocycles. The lowest BCUT2D eigenvalue weighted by atomic mass is 10.1. The normalized spacial score (nSPS) is 20.7. The molecular formula is C45H80FO8PSi4. The van der Waals surface area contributed by atoms with Crippen LogP contribution < -0.4 is 0 Å². The molecule has 3 rings (SSSR count). The van der Waals surface area contributed by atoms with E-state index in [4.69, 9.17) is 31.5 Å². The van der Waals surface area contributed by atoms with E-state index in [-0.39, 0.29) is 45.7 Å². The zero-order chi connectivity index (χ0) is 45.3. The van der Waals surface area contributed by atoms with Crippen LogP contribution in [-0.2, 0) is 49.3 Å². The second kappa shape index (κ2) is 18.9. The predicted molar refractivity (Wildman–Crippen MR) is 252 cm³/mol. The molecule has 59 heavy (non-hydrogen) atoms. The van der Waals surface area contributed by atoms with Crippen molar-refractivity contribution >= 4 is 40.9 Å². The molecule has 0 amide bonds. The van der Waals surface area contributed by atoms with Crippen LogP contribution in [-0.4, -0.2) is 64.3 Å². The second-order valence-electron chi connectivity index (χ2n) is 22.4. The Morgan fingerprint density at radius 3 is 1.41 bits per heavy atom. The van der Waals surface area contributed by atoms with Gasteiger partial charge in [0.1, 0.15) is 18.3 Å². The fraction of sp³-hybridized carbons (Fsp3) is 0.689. The van der Waals surface area contributed by atoms with Gasteiger partial charge < -0.3 is 22.4 Å². The molecule has 0 radical (unpaired) electrons. The van der Waals surface area contributed by atoms with E-state index < -0.39 is 70.8 Å². The summed E-state index contributed by atoms with van der Waals surface area (Å²) in [4.78, 5) is 0. The van der Waals surface area contributed by atoms with Crippen molar-refractivity contribution in [3.05, 3.63) is 83.1 Å². The first kappa shape index (κ1) is 52.1. The molecule has 8 nitrogen and oxygen atoms in total. The fourth-order valence-corrected chi connectivity index (χ4v) is 11.6. The minimum absolute atomic E-state index is 0.0773. The van der Waals surface area contributed by atoms with Gasteiger partial charge in [0, 0.05) is 0 Å². The Labute approximate surface area is 362 Å². The van der Waals surface area contributed by atoms with Gasteiger partial charge in [0.2, 0.25) is 0 Å². The number of halogens is 1. The van der Waals surface area contributed by atoms with Gasteiger partial charge in [-0.3, -0.25) is 13.6 Å². The van der Waals surface area contributed by atoms with Crippen molar-refractivity contribution in [2.24, 2.45) is 0 Å². The maximum Gasteiger partial charge on any atom is 0.393 e. The van der Waals surface area contributed by atoms with E-state index in [0.29, 0.717) is 0 Å². The van der Waals surface area contributed by atoms with E-state index in [0.717, 1.165) is 11.1 Å². The molecule has 0 N–H and O–H groups in total. The molecule has 0 bridgehead atoms. The third-order valence-corrected chi connectivity index (χ3v) is 33.1. The summed E-state index contributed by atoms with van der Waals surface area (Å²) in [6.45, 7) is 43.5. The molecule has 0 spiro atoms. The van der Waals surface area contributed by atoms with Crippen LogP contribution in [0.3, 0.4) is 0 Å². The van der Waals surface area contributed by atoms with E-state index in [9.17, 15) is 0 Å². The average Bonchev–Trinajstić information content (AvgIpc) is 3.42. The fourth-order valence-electron chi connectivity index (χ4n) is 5.33. The van der Waals surface area contributed by atoms with Gasteiger partial charge in [-0.1, -0.05) is 144 Å². The smallest absolute Gasteiger partial charge is 0.393 e. The van der Waals surface area contributed by atoms with Crippen molar-refractivity contribution in [1.82, 2.24) is 0 Å². The first-order chi connectivity index (χ1) is 26.6. The van der Waals surface area contributed by atoms with Gasteiger partial charge in [0.15, 0.2) is 45.1 Å². The van der Waals surface area contributed by atoms with E-state index in [1.54, 1.807) is 0 Å². The lowest BCUT2D eigenvalue weighted by Crippen LogP contribution is -2.57. The van der Waals surface area contributed by atoms with Gasteiger partial charge in [-0.2, -0.15) is 4.39 Å². The Hall–Kier alpha value is -1.23. The number of rotatable bonds is 17. The highest BCUT2D eigenvalue weighted by atomic mass is 31.2. The molecule has 1 aliphatic rings. The molecule has 1 aliphatic heterocycles. The third-order valence-electron chi connectivity index (χ3n) is 13.6. The molecule has 1 heterocycles. The standard InChI is InChI=1S/C45H80FO8PSi4/c1-42(2,3)56(13,14)50-33-36(52-57(15,16)43(4,5)6)37-38(53-58(17,18)44(7,8)9)39(54-59(19,20)45(10,11)12)40(51-37)41(46)55(47,48-31-34-27-23-21-24-28-34)49-32-35-29-25-22-26-30-35/h21-30,36-39H,31-33H2,1-20H3/b41-40+/t36-,37+,38+,39-/m1/s1. The van der Waals surface area contributed by atoms with E-state index in [1.165, 1.54) is 0 Å². The van der Waals surface area contributed by atoms with Crippen molar-refractivity contribution in [1.29, 1.82) is 0 Å². The Kier molecular flexibility index (Phi) is 16.7. The van der Waals surface area contributed by atoms with Gasteiger partial charge in [0.05, 0.1) is 19.8 Å². The van der Waals surface area contributed by atoms with Crippen LogP contribution in [0.4, 0.5) is 4.39 Å². The van der Waals surface area contributed by atoms with Crippen LogP contribution in [0, 0.1) is 0 Å². The van der Waals surface area contributed by atoms with Crippen molar-refractivity contribution in [3.8, 4) is 0 Å². The molecule has 4 atom stereocenters. The molecule has 0 aliphatic carbocycles. The lowest BCUT2D eigenvalue weighted by Gasteiger charge is -2.46. The molecule has 0 unspecified atom stereocenters. The molecule has 336 valence electrons. The Balaban J connectivity index is 2.40. The molecule has 2 aromatic rings. The van der Waals surface area contributed by atoms with Crippen molar-refractivity contribution in [3.63, 3.8) is 0 Å². The van der Waals surface area contributed by atoms with Crippen molar-refractivity contribution in [2.45, 2.75) is 193 Å². The summed E-state index contributed by atoms with van der Waals surface area (Å²) in [5.74, 6) is -0.218. The summed E-state index contributed by atoms with van der Waals surface area (Å²) in [6, 6.07) is 18.5. The Bertz CT molecular complexity index is 1700. The number of ether oxygens (including phenoxy) is 1. The minimum atomic E-state index is -4.71. The lowest BCUT2D eigenvalue weighted by molar-refractivity contribution is -0.0498. The first-order valence-corrected chi connectivity index (χ1v) is 34.4. The summed E-state index contributed by atoms with van der Waals surface area (Å²) in [5.41, 5.74) is 0.326. The van der Waals surface area contributed by atoms with E-state index in [2.05, 4.69) is 135 Å². The Morgan fingerprint density at radius 2 is 1.02 bits per heavy atom. The van der Waals surface area contributed by atoms with Crippen LogP contribution in [0.1, 0.15) is 94.2 Å². The third kappa shape index (κ3) is 13.2. The maximum atomic E-state index is 18.1. The van der Waals surface area contributed by atoms with E-state index in [1.807, 2.05) is 60.7 Å². The van der Waals surface area contributed by atoms with Gasteiger partial charge in [-0.05, 0) is 83.7 Å². The highest BCUT2D eigenvalue weighted by Crippen LogP contribution is 2.61. The topological polar surface area (TPSA) is 81.7 Å². The highest BCUT2D eigenvalue weighted by molar-refractivity contribution is 7.58. The number of hydrogen-bond acceptors (Lipinski definition) is 8. The van der Waals surface area contributed by atoms with Gasteiger partial charge in [0.25, 0.3) is 5.57 Å². The first-order valence-electron chi connectivity index (χ1n) is 21.3. The summed E-state index contributed by atoms with van der Waals surface area (Å²) < 4.78 is 81.5. The monoisotopic (exact) mass is 910 g/mol. The Morgan fingerprint density at radius 1 is 0.627 bits per heavy atom. The van der Waals surface area contributed by atoms with E-state index >= 15 is 8.96 Å². The van der Waals surface area contributed by atoms with Crippen molar-refractivity contribution in [2.75, 3.05) is 6.61 Å². The van der Waals surface area contributed by atoms with Gasteiger partial charge in [-0.25, -0.2) is 0 Å². The summed E-state index contributed by atoms with van der Waals surface area (Å²) in [7, 11) is -14.9. The zero-order valence-electron chi connectivity index (χ0n) is 40.3. The molecule has 14 heteroatoms. The second-order valence-corrected chi connectivity index (χ2v) is 43.4. The molecular weight excluding hydrogens is 831 g/mol. The largest absolute Gasteiger partial charge is 0.483 e. The van der Waals surface area contributed by atoms with Crippen LogP contribution in [0.15, 0.2) is 72.0 Å². The van der Waals surface area contributed by atoms with Crippen LogP contribution in [0.25, 0.3) is 0 Å². The molecule has 1 fully saturated rings. The average molecular weight is 911 g/mol. The maximum absolute atomic E-state index is 18.1. The van der Waals surface area contributed by atoms with Gasteiger partial charge in [-0.15, -0.1) is 0 Å². The van der Waals surface area contributed by atoms with Crippen molar-refractivity contribution < 1.29 is 40.4 Å².